The summed E-state index contributed by atoms with van der Waals surface area (Å²) in [7, 11) is 0. The van der Waals surface area contributed by atoms with Crippen molar-refractivity contribution >= 4 is 0 Å². The molecule has 0 bridgehead atoms. The Bertz CT molecular complexity index is 6.53. The van der Waals surface area contributed by atoms with Crippen molar-refractivity contribution in [1.82, 2.24) is 0 Å². The molecular formula is C8H22Y-2. The third kappa shape index (κ3) is 377. The minimum atomic E-state index is 0. The minimum absolute atomic E-state index is 0. The van der Waals surface area contributed by atoms with E-state index in [1.807, 2.05) is 6.92 Å². The Hall–Kier alpha value is 1.10. The largest absolute Gasteiger partial charge is 0.358 e. The summed E-state index contributed by atoms with van der Waals surface area (Å²) in [5, 5.41) is 0. The molecule has 0 aromatic rings. The van der Waals surface area contributed by atoms with E-state index in [1.54, 1.807) is 0 Å². The third-order valence-corrected chi connectivity index (χ3v) is 0. The van der Waals surface area contributed by atoms with Gasteiger partial charge in [0.2, 0.25) is 0 Å². The Morgan fingerprint density at radius 3 is 1.11 bits per heavy atom. The molecule has 0 fully saturated rings. The van der Waals surface area contributed by atoms with Gasteiger partial charge >= 0.3 is 0 Å². The third-order valence-electron chi connectivity index (χ3n) is 0. The second-order valence-corrected chi connectivity index (χ2v) is 1.21. The van der Waals surface area contributed by atoms with Crippen LogP contribution in [0, 0.1) is 14.4 Å². The standard InChI is InChI=1S/C3H8.C3H7.CH4.CH3.Y/c2*1-3-2;;;/h3H2,1-2H3;1,3H2,2H3;1H4;1H3;/q;-1;;-1;. The Balaban J connectivity index is -0.00000000889. The van der Waals surface area contributed by atoms with Crippen LogP contribution in [0.3, 0.4) is 0 Å². The molecule has 0 aromatic carbocycles. The van der Waals surface area contributed by atoms with Gasteiger partial charge in [-0.1, -0.05) is 34.6 Å². The monoisotopic (exact) mass is 207 g/mol. The Kier molecular flexibility index (Phi) is 222. The second-order valence-electron chi connectivity index (χ2n) is 1.21. The van der Waals surface area contributed by atoms with Crippen LogP contribution < -0.4 is 0 Å². The van der Waals surface area contributed by atoms with E-state index in [0.29, 0.717) is 0 Å². The molecule has 0 nitrogen and oxygen atoms in total. The normalized spacial score (nSPS) is 4.00. The molecule has 0 rings (SSSR count). The minimum Gasteiger partial charge on any atom is -0.358 e. The number of hydrogen-bond acceptors (Lipinski definition) is 0. The summed E-state index contributed by atoms with van der Waals surface area (Å²) in [6, 6.07) is 0. The molecule has 0 heterocycles. The number of hydrogen-bond donors (Lipinski definition) is 0. The molecule has 0 aliphatic heterocycles. The molecule has 0 atom stereocenters. The predicted octanol–water partition coefficient (Wildman–Crippen LogP) is 3.73. The van der Waals surface area contributed by atoms with Crippen LogP contribution in [0.5, 0.6) is 0 Å². The van der Waals surface area contributed by atoms with Crippen LogP contribution in [0.1, 0.15) is 41.0 Å². The van der Waals surface area contributed by atoms with Crippen LogP contribution in [0.25, 0.3) is 0 Å². The maximum Gasteiger partial charge on any atom is 0 e. The maximum absolute atomic E-state index is 3.49. The molecule has 0 spiro atoms. The van der Waals surface area contributed by atoms with E-state index >= 15 is 0 Å². The Labute approximate surface area is 87.7 Å². The zero-order valence-corrected chi connectivity index (χ0v) is 9.54. The van der Waals surface area contributed by atoms with Crippen molar-refractivity contribution in [1.29, 1.82) is 0 Å². The second kappa shape index (κ2) is 62.1. The van der Waals surface area contributed by atoms with Crippen molar-refractivity contribution in [2.75, 3.05) is 0 Å². The zero-order valence-electron chi connectivity index (χ0n) is 6.70. The molecule has 0 aliphatic rings. The molecule has 9 heavy (non-hydrogen) atoms. The van der Waals surface area contributed by atoms with Gasteiger partial charge in [0, 0.05) is 32.7 Å². The van der Waals surface area contributed by atoms with Gasteiger partial charge in [0.05, 0.1) is 0 Å². The van der Waals surface area contributed by atoms with E-state index < -0.39 is 0 Å². The molecule has 1 heteroatoms. The Morgan fingerprint density at radius 1 is 1.11 bits per heavy atom. The average molecular weight is 207 g/mol. The van der Waals surface area contributed by atoms with Gasteiger partial charge in [-0.25, -0.2) is 0 Å². The summed E-state index contributed by atoms with van der Waals surface area (Å²) in [5.41, 5.74) is 0. The van der Waals surface area contributed by atoms with Crippen molar-refractivity contribution < 1.29 is 32.7 Å². The van der Waals surface area contributed by atoms with Gasteiger partial charge in [-0.15, -0.1) is 0 Å². The maximum atomic E-state index is 3.49. The van der Waals surface area contributed by atoms with E-state index in [1.165, 1.54) is 6.42 Å². The van der Waals surface area contributed by atoms with Crippen molar-refractivity contribution in [2.24, 2.45) is 0 Å². The quantitative estimate of drug-likeness (QED) is 0.531. The average Bonchev–Trinajstić information content (AvgIpc) is 1.39. The fourth-order valence-corrected chi connectivity index (χ4v) is 0. The first-order valence-electron chi connectivity index (χ1n) is 2.62. The van der Waals surface area contributed by atoms with E-state index in [4.69, 9.17) is 0 Å². The fourth-order valence-electron chi connectivity index (χ4n) is 0. The first-order valence-corrected chi connectivity index (χ1v) is 2.62. The van der Waals surface area contributed by atoms with Gasteiger partial charge in [-0.05, 0) is 0 Å². The number of rotatable bonds is 0. The van der Waals surface area contributed by atoms with Crippen molar-refractivity contribution in [3.05, 3.63) is 14.4 Å². The van der Waals surface area contributed by atoms with Gasteiger partial charge in [-0.2, -0.15) is 6.42 Å². The SMILES string of the molecule is C.CCC.[CH2-]CC.[CH3-].[Y]. The van der Waals surface area contributed by atoms with E-state index in [0.717, 1.165) is 6.42 Å². The Morgan fingerprint density at radius 2 is 1.11 bits per heavy atom. The molecule has 0 aromatic heterocycles. The smallest absolute Gasteiger partial charge is 0 e. The fraction of sp³-hybridized carbons (Fsp3) is 0.750. The van der Waals surface area contributed by atoms with E-state index in [2.05, 4.69) is 20.8 Å². The van der Waals surface area contributed by atoms with Crippen LogP contribution >= 0.6 is 0 Å². The predicted molar refractivity (Wildman–Crippen MR) is 44.8 cm³/mol. The van der Waals surface area contributed by atoms with Gasteiger partial charge in [0.25, 0.3) is 0 Å². The van der Waals surface area contributed by atoms with E-state index in [9.17, 15) is 0 Å². The zero-order chi connectivity index (χ0) is 5.41. The van der Waals surface area contributed by atoms with Crippen LogP contribution in [0.4, 0.5) is 0 Å². The van der Waals surface area contributed by atoms with Crippen molar-refractivity contribution in [2.45, 2.75) is 41.0 Å². The molecule has 0 saturated carbocycles. The summed E-state index contributed by atoms with van der Waals surface area (Å²) in [5.74, 6) is 0. The van der Waals surface area contributed by atoms with Gasteiger partial charge in [-0.3, -0.25) is 0 Å². The molecule has 0 unspecified atom stereocenters. The van der Waals surface area contributed by atoms with Gasteiger partial charge in [0.1, 0.15) is 0 Å². The van der Waals surface area contributed by atoms with Crippen LogP contribution in [-0.4, -0.2) is 0 Å². The first-order chi connectivity index (χ1) is 2.83. The molecule has 0 saturated heterocycles. The molecule has 59 valence electrons. The molecule has 0 aliphatic carbocycles. The molecule has 0 amide bonds. The topological polar surface area (TPSA) is 0 Å². The summed E-state index contributed by atoms with van der Waals surface area (Å²) in [6.45, 7) is 9.75. The summed E-state index contributed by atoms with van der Waals surface area (Å²) < 4.78 is 0. The van der Waals surface area contributed by atoms with Gasteiger partial charge < -0.3 is 14.4 Å². The summed E-state index contributed by atoms with van der Waals surface area (Å²) >= 11 is 0. The van der Waals surface area contributed by atoms with Crippen LogP contribution in [-0.2, 0) is 32.7 Å². The van der Waals surface area contributed by atoms with Gasteiger partial charge in [0.15, 0.2) is 0 Å². The molecule has 0 N–H and O–H groups in total. The first kappa shape index (κ1) is 32.1. The summed E-state index contributed by atoms with van der Waals surface area (Å²) in [4.78, 5) is 0. The van der Waals surface area contributed by atoms with Crippen molar-refractivity contribution in [3.8, 4) is 0 Å². The van der Waals surface area contributed by atoms with E-state index in [-0.39, 0.29) is 47.6 Å². The van der Waals surface area contributed by atoms with Crippen LogP contribution in [0.15, 0.2) is 0 Å². The molecule has 1 radical (unpaired) electrons. The summed E-state index contributed by atoms with van der Waals surface area (Å²) in [6.07, 6.45) is 2.25. The molecular weight excluding hydrogens is 185 g/mol. The van der Waals surface area contributed by atoms with Crippen molar-refractivity contribution in [3.63, 3.8) is 0 Å². The van der Waals surface area contributed by atoms with Crippen LogP contribution in [0.2, 0.25) is 0 Å².